The highest BCUT2D eigenvalue weighted by molar-refractivity contribution is 5.88. The Balaban J connectivity index is 4.83. The molecule has 0 aliphatic heterocycles. The fourth-order valence-corrected chi connectivity index (χ4v) is 2.65. The number of likely N-dealkylation sites (N-methyl/N-ethyl adjacent to an activating group) is 1. The van der Waals surface area contributed by atoms with Gasteiger partial charge in [0.1, 0.15) is 0 Å². The first-order valence-corrected chi connectivity index (χ1v) is 7.58. The predicted octanol–water partition coefficient (Wildman–Crippen LogP) is 1.51. The van der Waals surface area contributed by atoms with Crippen molar-refractivity contribution in [1.82, 2.24) is 10.2 Å². The van der Waals surface area contributed by atoms with Gasteiger partial charge in [-0.1, -0.05) is 26.7 Å². The first kappa shape index (κ1) is 18.9. The molecule has 0 bridgehead atoms. The lowest BCUT2D eigenvalue weighted by Crippen LogP contribution is -2.50. The molecule has 0 unspecified atom stereocenters. The van der Waals surface area contributed by atoms with E-state index in [0.717, 1.165) is 25.7 Å². The Morgan fingerprint density at radius 1 is 1.20 bits per heavy atom. The molecule has 0 aromatic heterocycles. The van der Waals surface area contributed by atoms with E-state index in [1.807, 2.05) is 13.8 Å². The minimum absolute atomic E-state index is 0.0115. The second-order valence-electron chi connectivity index (χ2n) is 5.87. The van der Waals surface area contributed by atoms with Crippen LogP contribution in [0.5, 0.6) is 0 Å². The topological polar surface area (TPSA) is 75.4 Å². The lowest BCUT2D eigenvalue weighted by atomic mass is 9.78. The Kier molecular flexibility index (Phi) is 8.46. The van der Waals surface area contributed by atoms with Crippen LogP contribution < -0.4 is 11.1 Å². The van der Waals surface area contributed by atoms with Crippen LogP contribution in [0, 0.1) is 5.41 Å². The van der Waals surface area contributed by atoms with Crippen molar-refractivity contribution in [2.24, 2.45) is 11.1 Å². The van der Waals surface area contributed by atoms with Gasteiger partial charge in [-0.15, -0.1) is 0 Å². The van der Waals surface area contributed by atoms with Crippen LogP contribution in [-0.2, 0) is 9.59 Å². The largest absolute Gasteiger partial charge is 0.352 e. The molecule has 0 aliphatic carbocycles. The first-order chi connectivity index (χ1) is 9.32. The molecule has 0 atom stereocenters. The normalized spacial score (nSPS) is 11.6. The standard InChI is InChI=1S/C15H31N3O2/c1-6-8-15(11-16,9-7-2)14(20)18(5)10-13(19)17-12(3)4/h12H,6-11,16H2,1-5H3,(H,17,19). The Morgan fingerprint density at radius 3 is 2.05 bits per heavy atom. The minimum atomic E-state index is -0.517. The van der Waals surface area contributed by atoms with E-state index >= 15 is 0 Å². The van der Waals surface area contributed by atoms with E-state index in [2.05, 4.69) is 19.2 Å². The summed E-state index contributed by atoms with van der Waals surface area (Å²) < 4.78 is 0. The number of amides is 2. The van der Waals surface area contributed by atoms with E-state index in [1.165, 1.54) is 4.90 Å². The zero-order valence-electron chi connectivity index (χ0n) is 13.7. The van der Waals surface area contributed by atoms with Crippen LogP contribution in [0.3, 0.4) is 0 Å². The van der Waals surface area contributed by atoms with Crippen molar-refractivity contribution in [1.29, 1.82) is 0 Å². The smallest absolute Gasteiger partial charge is 0.239 e. The van der Waals surface area contributed by atoms with E-state index < -0.39 is 5.41 Å². The van der Waals surface area contributed by atoms with Gasteiger partial charge in [-0.05, 0) is 26.7 Å². The zero-order valence-corrected chi connectivity index (χ0v) is 13.7. The Bertz CT molecular complexity index is 310. The SMILES string of the molecule is CCCC(CN)(CCC)C(=O)N(C)CC(=O)NC(C)C. The van der Waals surface area contributed by atoms with Crippen molar-refractivity contribution < 1.29 is 9.59 Å². The highest BCUT2D eigenvalue weighted by Crippen LogP contribution is 2.30. The molecule has 5 heteroatoms. The van der Waals surface area contributed by atoms with Gasteiger partial charge in [0.15, 0.2) is 0 Å². The second-order valence-corrected chi connectivity index (χ2v) is 5.87. The molecule has 0 aromatic carbocycles. The fraction of sp³-hybridized carbons (Fsp3) is 0.867. The molecule has 0 saturated heterocycles. The van der Waals surface area contributed by atoms with E-state index in [0.29, 0.717) is 6.54 Å². The predicted molar refractivity (Wildman–Crippen MR) is 82.2 cm³/mol. The van der Waals surface area contributed by atoms with Crippen LogP contribution in [0.2, 0.25) is 0 Å². The molecule has 0 aromatic rings. The summed E-state index contributed by atoms with van der Waals surface area (Å²) in [5, 5.41) is 2.80. The first-order valence-electron chi connectivity index (χ1n) is 7.58. The van der Waals surface area contributed by atoms with Gasteiger partial charge in [-0.3, -0.25) is 9.59 Å². The summed E-state index contributed by atoms with van der Waals surface area (Å²) in [4.78, 5) is 25.9. The van der Waals surface area contributed by atoms with E-state index in [1.54, 1.807) is 7.05 Å². The summed E-state index contributed by atoms with van der Waals surface area (Å²) in [7, 11) is 1.68. The number of carbonyl (C=O) groups excluding carboxylic acids is 2. The molecule has 0 rings (SSSR count). The molecular formula is C15H31N3O2. The molecule has 5 nitrogen and oxygen atoms in total. The molecule has 2 amide bonds. The van der Waals surface area contributed by atoms with Gasteiger partial charge in [0.2, 0.25) is 11.8 Å². The molecule has 20 heavy (non-hydrogen) atoms. The Morgan fingerprint density at radius 2 is 1.70 bits per heavy atom. The molecule has 0 saturated carbocycles. The maximum atomic E-state index is 12.7. The fourth-order valence-electron chi connectivity index (χ4n) is 2.65. The van der Waals surface area contributed by atoms with Crippen molar-refractivity contribution in [3.05, 3.63) is 0 Å². The van der Waals surface area contributed by atoms with Crippen molar-refractivity contribution >= 4 is 11.8 Å². The van der Waals surface area contributed by atoms with Crippen molar-refractivity contribution in [3.63, 3.8) is 0 Å². The highest BCUT2D eigenvalue weighted by atomic mass is 16.2. The Labute approximate surface area is 123 Å². The lowest BCUT2D eigenvalue weighted by molar-refractivity contribution is -0.144. The van der Waals surface area contributed by atoms with Gasteiger partial charge >= 0.3 is 0 Å². The summed E-state index contributed by atoms with van der Waals surface area (Å²) in [6.45, 7) is 8.34. The van der Waals surface area contributed by atoms with Gasteiger partial charge in [0.25, 0.3) is 0 Å². The highest BCUT2D eigenvalue weighted by Gasteiger charge is 2.37. The van der Waals surface area contributed by atoms with Gasteiger partial charge < -0.3 is 16.0 Å². The molecule has 0 radical (unpaired) electrons. The van der Waals surface area contributed by atoms with Crippen molar-refractivity contribution in [2.45, 2.75) is 59.4 Å². The summed E-state index contributed by atoms with van der Waals surface area (Å²) in [6, 6.07) is 0.0801. The van der Waals surface area contributed by atoms with Crippen LogP contribution in [0.4, 0.5) is 0 Å². The summed E-state index contributed by atoms with van der Waals surface area (Å²) in [5.41, 5.74) is 5.36. The van der Waals surface area contributed by atoms with Crippen LogP contribution >= 0.6 is 0 Å². The van der Waals surface area contributed by atoms with Crippen LogP contribution in [0.25, 0.3) is 0 Å². The van der Waals surface area contributed by atoms with Gasteiger partial charge in [0.05, 0.1) is 12.0 Å². The van der Waals surface area contributed by atoms with E-state index in [-0.39, 0.29) is 24.4 Å². The summed E-state index contributed by atoms with van der Waals surface area (Å²) in [6.07, 6.45) is 3.36. The molecular weight excluding hydrogens is 254 g/mol. The van der Waals surface area contributed by atoms with Gasteiger partial charge in [-0.25, -0.2) is 0 Å². The van der Waals surface area contributed by atoms with Crippen LogP contribution in [0.15, 0.2) is 0 Å². The third-order valence-corrected chi connectivity index (χ3v) is 3.48. The molecule has 3 N–H and O–H groups in total. The molecule has 0 heterocycles. The second kappa shape index (κ2) is 8.95. The number of nitrogens with two attached hydrogens (primary N) is 1. The maximum absolute atomic E-state index is 12.7. The number of carbonyl (C=O) groups is 2. The van der Waals surface area contributed by atoms with Gasteiger partial charge in [0, 0.05) is 19.6 Å². The molecule has 0 spiro atoms. The van der Waals surface area contributed by atoms with Crippen molar-refractivity contribution in [3.8, 4) is 0 Å². The molecule has 0 aliphatic rings. The monoisotopic (exact) mass is 285 g/mol. The van der Waals surface area contributed by atoms with Gasteiger partial charge in [-0.2, -0.15) is 0 Å². The maximum Gasteiger partial charge on any atom is 0.239 e. The number of hydrogen-bond acceptors (Lipinski definition) is 3. The average molecular weight is 285 g/mol. The minimum Gasteiger partial charge on any atom is -0.352 e. The van der Waals surface area contributed by atoms with Crippen molar-refractivity contribution in [2.75, 3.05) is 20.1 Å². The molecule has 0 fully saturated rings. The van der Waals surface area contributed by atoms with E-state index in [4.69, 9.17) is 5.73 Å². The number of rotatable bonds is 9. The average Bonchev–Trinajstić information content (AvgIpc) is 2.36. The summed E-state index contributed by atoms with van der Waals surface area (Å²) >= 11 is 0. The quantitative estimate of drug-likeness (QED) is 0.674. The number of nitrogens with zero attached hydrogens (tertiary/aromatic N) is 1. The Hall–Kier alpha value is -1.10. The number of hydrogen-bond donors (Lipinski definition) is 2. The van der Waals surface area contributed by atoms with Crippen LogP contribution in [-0.4, -0.2) is 42.9 Å². The van der Waals surface area contributed by atoms with E-state index in [9.17, 15) is 9.59 Å². The van der Waals surface area contributed by atoms with Crippen LogP contribution in [0.1, 0.15) is 53.4 Å². The zero-order chi connectivity index (χ0) is 15.8. The summed E-state index contributed by atoms with van der Waals surface area (Å²) in [5.74, 6) is -0.141. The lowest BCUT2D eigenvalue weighted by Gasteiger charge is -2.34. The molecule has 118 valence electrons. The number of nitrogens with one attached hydrogen (secondary N) is 1. The third kappa shape index (κ3) is 5.49. The third-order valence-electron chi connectivity index (χ3n) is 3.48.